The van der Waals surface area contributed by atoms with Crippen molar-refractivity contribution >= 4 is 11.5 Å². The highest BCUT2D eigenvalue weighted by molar-refractivity contribution is 6.14. The van der Waals surface area contributed by atoms with Crippen LogP contribution >= 0.6 is 0 Å². The SMILES string of the molecule is CN(C)/C=C1/CNc2cc(F)ccc2C1=O. The van der Waals surface area contributed by atoms with E-state index in [1.165, 1.54) is 18.2 Å². The Kier molecular flexibility index (Phi) is 2.64. The Morgan fingerprint density at radius 2 is 2.19 bits per heavy atom. The van der Waals surface area contributed by atoms with E-state index >= 15 is 0 Å². The van der Waals surface area contributed by atoms with E-state index in [1.807, 2.05) is 19.0 Å². The summed E-state index contributed by atoms with van der Waals surface area (Å²) in [5.41, 5.74) is 1.78. The molecule has 2 rings (SSSR count). The molecule has 1 aromatic carbocycles. The first-order valence-electron chi connectivity index (χ1n) is 5.03. The molecule has 0 saturated carbocycles. The van der Waals surface area contributed by atoms with Gasteiger partial charge in [0.2, 0.25) is 0 Å². The first-order chi connectivity index (χ1) is 7.58. The van der Waals surface area contributed by atoms with E-state index in [0.29, 0.717) is 23.4 Å². The predicted octanol–water partition coefficient (Wildman–Crippen LogP) is 1.88. The van der Waals surface area contributed by atoms with Crippen LogP contribution in [0.2, 0.25) is 0 Å². The van der Waals surface area contributed by atoms with Crippen LogP contribution in [0.3, 0.4) is 0 Å². The van der Waals surface area contributed by atoms with Crippen LogP contribution in [0.15, 0.2) is 30.0 Å². The standard InChI is InChI=1S/C12H13FN2O/c1-15(2)7-8-6-14-11-5-9(13)3-4-10(11)12(8)16/h3-5,7,14H,6H2,1-2H3/b8-7-. The lowest BCUT2D eigenvalue weighted by molar-refractivity contribution is 0.103. The molecular formula is C12H13FN2O. The molecule has 1 N–H and O–H groups in total. The van der Waals surface area contributed by atoms with Crippen LogP contribution in [-0.4, -0.2) is 31.3 Å². The first-order valence-corrected chi connectivity index (χ1v) is 5.03. The summed E-state index contributed by atoms with van der Waals surface area (Å²) in [6.07, 6.45) is 1.78. The second kappa shape index (κ2) is 3.96. The number of nitrogens with zero attached hydrogens (tertiary/aromatic N) is 1. The maximum absolute atomic E-state index is 13.0. The van der Waals surface area contributed by atoms with Gasteiger partial charge in [0.05, 0.1) is 0 Å². The zero-order valence-electron chi connectivity index (χ0n) is 9.25. The molecule has 0 fully saturated rings. The summed E-state index contributed by atoms with van der Waals surface area (Å²) in [7, 11) is 3.72. The maximum Gasteiger partial charge on any atom is 0.194 e. The average Bonchev–Trinajstić information content (AvgIpc) is 2.22. The number of halogens is 1. The summed E-state index contributed by atoms with van der Waals surface area (Å²) >= 11 is 0. The maximum atomic E-state index is 13.0. The summed E-state index contributed by atoms with van der Waals surface area (Å²) < 4.78 is 13.0. The fourth-order valence-corrected chi connectivity index (χ4v) is 1.72. The Morgan fingerprint density at radius 1 is 1.44 bits per heavy atom. The van der Waals surface area contributed by atoms with Gasteiger partial charge in [0.15, 0.2) is 5.78 Å². The molecule has 4 heteroatoms. The molecule has 16 heavy (non-hydrogen) atoms. The van der Waals surface area contributed by atoms with Crippen molar-refractivity contribution < 1.29 is 9.18 Å². The quantitative estimate of drug-likeness (QED) is 0.733. The Hall–Kier alpha value is -1.84. The fraction of sp³-hybridized carbons (Fsp3) is 0.250. The van der Waals surface area contributed by atoms with Crippen molar-refractivity contribution in [1.29, 1.82) is 0 Å². The minimum Gasteiger partial charge on any atom is -0.383 e. The lowest BCUT2D eigenvalue weighted by atomic mass is 9.98. The van der Waals surface area contributed by atoms with Crippen molar-refractivity contribution in [2.45, 2.75) is 0 Å². The zero-order valence-corrected chi connectivity index (χ0v) is 9.25. The molecule has 0 atom stereocenters. The van der Waals surface area contributed by atoms with Crippen molar-refractivity contribution in [3.8, 4) is 0 Å². The monoisotopic (exact) mass is 220 g/mol. The number of hydrogen-bond donors (Lipinski definition) is 1. The number of nitrogens with one attached hydrogen (secondary N) is 1. The molecule has 1 aliphatic rings. The third-order valence-electron chi connectivity index (χ3n) is 2.40. The lowest BCUT2D eigenvalue weighted by Gasteiger charge is -2.20. The topological polar surface area (TPSA) is 32.3 Å². The number of ketones is 1. The summed E-state index contributed by atoms with van der Waals surface area (Å²) in [5.74, 6) is -0.374. The highest BCUT2D eigenvalue weighted by Crippen LogP contribution is 2.25. The Morgan fingerprint density at radius 3 is 2.88 bits per heavy atom. The molecule has 0 spiro atoms. The number of Topliss-reactive ketones (excluding diaryl/α,β-unsaturated/α-hetero) is 1. The van der Waals surface area contributed by atoms with Crippen LogP contribution < -0.4 is 5.32 Å². The smallest absolute Gasteiger partial charge is 0.194 e. The van der Waals surface area contributed by atoms with Crippen LogP contribution in [0.4, 0.5) is 10.1 Å². The summed E-state index contributed by atoms with van der Waals surface area (Å²) in [4.78, 5) is 13.8. The summed E-state index contributed by atoms with van der Waals surface area (Å²) in [6, 6.07) is 4.17. The number of benzene rings is 1. The van der Waals surface area contributed by atoms with Gasteiger partial charge in [-0.2, -0.15) is 0 Å². The van der Waals surface area contributed by atoms with E-state index in [-0.39, 0.29) is 11.6 Å². The van der Waals surface area contributed by atoms with Crippen molar-refractivity contribution in [3.63, 3.8) is 0 Å². The molecule has 0 amide bonds. The Balaban J connectivity index is 2.40. The Labute approximate surface area is 93.6 Å². The minimum absolute atomic E-state index is 0.0394. The normalized spacial score (nSPS) is 16.9. The number of carbonyl (C=O) groups is 1. The molecule has 1 aromatic rings. The van der Waals surface area contributed by atoms with Gasteiger partial charge in [-0.15, -0.1) is 0 Å². The summed E-state index contributed by atoms with van der Waals surface area (Å²) in [5, 5.41) is 3.03. The van der Waals surface area contributed by atoms with E-state index in [9.17, 15) is 9.18 Å². The van der Waals surface area contributed by atoms with Gasteiger partial charge in [0, 0.05) is 43.7 Å². The van der Waals surface area contributed by atoms with E-state index in [1.54, 1.807) is 6.20 Å². The van der Waals surface area contributed by atoms with Gasteiger partial charge in [-0.1, -0.05) is 0 Å². The number of carbonyl (C=O) groups excluding carboxylic acids is 1. The lowest BCUT2D eigenvalue weighted by Crippen LogP contribution is -2.23. The number of rotatable bonds is 1. The second-order valence-corrected chi connectivity index (χ2v) is 3.99. The van der Waals surface area contributed by atoms with E-state index < -0.39 is 0 Å². The third kappa shape index (κ3) is 1.91. The second-order valence-electron chi connectivity index (χ2n) is 3.99. The van der Waals surface area contributed by atoms with Gasteiger partial charge in [0.25, 0.3) is 0 Å². The van der Waals surface area contributed by atoms with Crippen molar-refractivity contribution in [1.82, 2.24) is 4.90 Å². The van der Waals surface area contributed by atoms with Crippen LogP contribution in [-0.2, 0) is 0 Å². The fourth-order valence-electron chi connectivity index (χ4n) is 1.72. The number of anilines is 1. The van der Waals surface area contributed by atoms with E-state index in [0.717, 1.165) is 0 Å². The van der Waals surface area contributed by atoms with E-state index in [2.05, 4.69) is 5.32 Å². The van der Waals surface area contributed by atoms with E-state index in [4.69, 9.17) is 0 Å². The first kappa shape index (κ1) is 10.7. The molecule has 0 unspecified atom stereocenters. The highest BCUT2D eigenvalue weighted by atomic mass is 19.1. The summed E-state index contributed by atoms with van der Waals surface area (Å²) in [6.45, 7) is 0.438. The van der Waals surface area contributed by atoms with Gasteiger partial charge in [-0.25, -0.2) is 4.39 Å². The molecule has 1 aliphatic heterocycles. The molecule has 0 aromatic heterocycles. The third-order valence-corrected chi connectivity index (χ3v) is 2.40. The van der Waals surface area contributed by atoms with Gasteiger partial charge in [-0.05, 0) is 18.2 Å². The van der Waals surface area contributed by atoms with Crippen LogP contribution in [0, 0.1) is 5.82 Å². The molecule has 0 radical (unpaired) electrons. The molecule has 0 saturated heterocycles. The molecule has 0 aliphatic carbocycles. The number of hydrogen-bond acceptors (Lipinski definition) is 3. The van der Waals surface area contributed by atoms with Crippen LogP contribution in [0.25, 0.3) is 0 Å². The highest BCUT2D eigenvalue weighted by Gasteiger charge is 2.21. The molecule has 3 nitrogen and oxygen atoms in total. The molecular weight excluding hydrogens is 207 g/mol. The minimum atomic E-state index is -0.334. The van der Waals surface area contributed by atoms with Crippen LogP contribution in [0.1, 0.15) is 10.4 Å². The molecule has 0 bridgehead atoms. The van der Waals surface area contributed by atoms with Gasteiger partial charge in [0.1, 0.15) is 5.82 Å². The molecule has 84 valence electrons. The largest absolute Gasteiger partial charge is 0.383 e. The average molecular weight is 220 g/mol. The molecule has 1 heterocycles. The van der Waals surface area contributed by atoms with Gasteiger partial charge >= 0.3 is 0 Å². The van der Waals surface area contributed by atoms with Crippen molar-refractivity contribution in [2.24, 2.45) is 0 Å². The van der Waals surface area contributed by atoms with Gasteiger partial charge < -0.3 is 10.2 Å². The predicted molar refractivity (Wildman–Crippen MR) is 61.0 cm³/mol. The number of fused-ring (bicyclic) bond motifs is 1. The van der Waals surface area contributed by atoms with Crippen molar-refractivity contribution in [3.05, 3.63) is 41.4 Å². The Bertz CT molecular complexity index is 466. The van der Waals surface area contributed by atoms with Gasteiger partial charge in [-0.3, -0.25) is 4.79 Å². The zero-order chi connectivity index (χ0) is 11.7. The van der Waals surface area contributed by atoms with Crippen molar-refractivity contribution in [2.75, 3.05) is 26.0 Å². The van der Waals surface area contributed by atoms with Crippen LogP contribution in [0.5, 0.6) is 0 Å².